The van der Waals surface area contributed by atoms with Crippen molar-refractivity contribution < 1.29 is 0 Å². The van der Waals surface area contributed by atoms with Crippen LogP contribution in [0, 0.1) is 0 Å². The first-order valence-corrected chi connectivity index (χ1v) is 3.89. The third-order valence-corrected chi connectivity index (χ3v) is 2.10. The molecule has 1 unspecified atom stereocenters. The minimum Gasteiger partial charge on any atom is -0.305 e. The predicted molar refractivity (Wildman–Crippen MR) is 42.5 cm³/mol. The van der Waals surface area contributed by atoms with Crippen LogP contribution in [-0.4, -0.2) is 25.3 Å². The molecule has 54 valence electrons. The van der Waals surface area contributed by atoms with Gasteiger partial charge in [0.2, 0.25) is 0 Å². The molecular formula is C8H12N2. The average Bonchev–Trinajstić information content (AvgIpc) is 2.05. The summed E-state index contributed by atoms with van der Waals surface area (Å²) in [5, 5.41) is 3.40. The van der Waals surface area contributed by atoms with Crippen molar-refractivity contribution in [1.29, 1.82) is 0 Å². The van der Waals surface area contributed by atoms with Crippen LogP contribution in [0.5, 0.6) is 0 Å². The van der Waals surface area contributed by atoms with Crippen LogP contribution in [0.1, 0.15) is 12.8 Å². The number of aliphatic imine (C=N–C) groups is 1. The molecule has 1 N–H and O–H groups in total. The lowest BCUT2D eigenvalue weighted by atomic mass is 9.98. The summed E-state index contributed by atoms with van der Waals surface area (Å²) in [6, 6.07) is 0.475. The summed E-state index contributed by atoms with van der Waals surface area (Å²) in [7, 11) is 0. The molecule has 0 aromatic rings. The zero-order chi connectivity index (χ0) is 6.81. The lowest BCUT2D eigenvalue weighted by molar-refractivity contribution is 0.616. The van der Waals surface area contributed by atoms with Crippen molar-refractivity contribution in [1.82, 2.24) is 5.32 Å². The number of rotatable bonds is 0. The second-order valence-corrected chi connectivity index (χ2v) is 2.80. The summed E-state index contributed by atoms with van der Waals surface area (Å²) in [4.78, 5) is 4.23. The van der Waals surface area contributed by atoms with E-state index in [1.807, 2.05) is 6.21 Å². The molecule has 0 radical (unpaired) electrons. The van der Waals surface area contributed by atoms with Crippen LogP contribution >= 0.6 is 0 Å². The molecule has 0 saturated heterocycles. The van der Waals surface area contributed by atoms with Crippen molar-refractivity contribution in [2.75, 3.05) is 13.1 Å². The Balaban J connectivity index is 2.20. The zero-order valence-corrected chi connectivity index (χ0v) is 6.01. The number of hydrogen-bond acceptors (Lipinski definition) is 2. The van der Waals surface area contributed by atoms with E-state index < -0.39 is 0 Å². The van der Waals surface area contributed by atoms with E-state index in [-0.39, 0.29) is 0 Å². The molecule has 0 aliphatic carbocycles. The Kier molecular flexibility index (Phi) is 1.55. The molecule has 2 heteroatoms. The van der Waals surface area contributed by atoms with E-state index >= 15 is 0 Å². The SMILES string of the molecule is C1=NCCC2=CCCNC12. The predicted octanol–water partition coefficient (Wildman–Crippen LogP) is 0.749. The van der Waals surface area contributed by atoms with Crippen LogP contribution in [0.2, 0.25) is 0 Å². The summed E-state index contributed by atoms with van der Waals surface area (Å²) < 4.78 is 0. The maximum Gasteiger partial charge on any atom is 0.0636 e. The quantitative estimate of drug-likeness (QED) is 0.488. The van der Waals surface area contributed by atoms with Crippen LogP contribution in [0.4, 0.5) is 0 Å². The minimum atomic E-state index is 0.475. The van der Waals surface area contributed by atoms with E-state index in [0.29, 0.717) is 6.04 Å². The van der Waals surface area contributed by atoms with Gasteiger partial charge in [-0.2, -0.15) is 0 Å². The van der Waals surface area contributed by atoms with Gasteiger partial charge in [0.05, 0.1) is 6.04 Å². The second-order valence-electron chi connectivity index (χ2n) is 2.80. The summed E-state index contributed by atoms with van der Waals surface area (Å²) in [6.07, 6.45) is 6.74. The molecule has 10 heavy (non-hydrogen) atoms. The van der Waals surface area contributed by atoms with Gasteiger partial charge >= 0.3 is 0 Å². The Morgan fingerprint density at radius 1 is 1.60 bits per heavy atom. The molecule has 2 nitrogen and oxygen atoms in total. The van der Waals surface area contributed by atoms with Crippen molar-refractivity contribution in [2.24, 2.45) is 4.99 Å². The minimum absolute atomic E-state index is 0.475. The highest BCUT2D eigenvalue weighted by Crippen LogP contribution is 2.14. The summed E-state index contributed by atoms with van der Waals surface area (Å²) in [5.74, 6) is 0. The van der Waals surface area contributed by atoms with Crippen LogP contribution in [0.3, 0.4) is 0 Å². The molecule has 0 aromatic carbocycles. The molecule has 0 amide bonds. The monoisotopic (exact) mass is 136 g/mol. The van der Waals surface area contributed by atoms with Gasteiger partial charge in [-0.15, -0.1) is 0 Å². The summed E-state index contributed by atoms with van der Waals surface area (Å²) in [5.41, 5.74) is 1.54. The van der Waals surface area contributed by atoms with Crippen molar-refractivity contribution in [2.45, 2.75) is 18.9 Å². The fourth-order valence-corrected chi connectivity index (χ4v) is 1.53. The summed E-state index contributed by atoms with van der Waals surface area (Å²) in [6.45, 7) is 2.10. The number of nitrogens with one attached hydrogen (secondary N) is 1. The molecule has 0 saturated carbocycles. The third kappa shape index (κ3) is 0.991. The third-order valence-electron chi connectivity index (χ3n) is 2.10. The van der Waals surface area contributed by atoms with Gasteiger partial charge in [-0.3, -0.25) is 4.99 Å². The molecule has 0 fully saturated rings. The fraction of sp³-hybridized carbons (Fsp3) is 0.625. The van der Waals surface area contributed by atoms with E-state index in [1.165, 1.54) is 6.42 Å². The van der Waals surface area contributed by atoms with Crippen molar-refractivity contribution >= 4 is 6.21 Å². The molecule has 2 aliphatic heterocycles. The highest BCUT2D eigenvalue weighted by molar-refractivity contribution is 5.70. The van der Waals surface area contributed by atoms with Gasteiger partial charge in [-0.25, -0.2) is 0 Å². The average molecular weight is 136 g/mol. The lowest BCUT2D eigenvalue weighted by Gasteiger charge is -2.24. The fourth-order valence-electron chi connectivity index (χ4n) is 1.53. The topological polar surface area (TPSA) is 24.4 Å². The number of fused-ring (bicyclic) bond motifs is 1. The largest absolute Gasteiger partial charge is 0.305 e. The number of hydrogen-bond donors (Lipinski definition) is 1. The van der Waals surface area contributed by atoms with Gasteiger partial charge in [0.1, 0.15) is 0 Å². The van der Waals surface area contributed by atoms with Crippen molar-refractivity contribution in [3.8, 4) is 0 Å². The van der Waals surface area contributed by atoms with Gasteiger partial charge in [-0.05, 0) is 19.4 Å². The molecule has 0 aromatic heterocycles. The smallest absolute Gasteiger partial charge is 0.0636 e. The van der Waals surface area contributed by atoms with E-state index in [2.05, 4.69) is 16.4 Å². The van der Waals surface area contributed by atoms with Gasteiger partial charge in [0.25, 0.3) is 0 Å². The molecule has 0 spiro atoms. The first-order chi connectivity index (χ1) is 4.97. The maximum atomic E-state index is 4.23. The first kappa shape index (κ1) is 6.10. The molecule has 2 aliphatic rings. The molecule has 2 rings (SSSR count). The molecular weight excluding hydrogens is 124 g/mol. The van der Waals surface area contributed by atoms with Gasteiger partial charge in [0.15, 0.2) is 0 Å². The first-order valence-electron chi connectivity index (χ1n) is 3.89. The number of nitrogens with zero attached hydrogens (tertiary/aromatic N) is 1. The Hall–Kier alpha value is -0.630. The Morgan fingerprint density at radius 3 is 3.50 bits per heavy atom. The van der Waals surface area contributed by atoms with Crippen LogP contribution in [-0.2, 0) is 0 Å². The van der Waals surface area contributed by atoms with Crippen LogP contribution in [0.15, 0.2) is 16.6 Å². The summed E-state index contributed by atoms with van der Waals surface area (Å²) >= 11 is 0. The van der Waals surface area contributed by atoms with Crippen molar-refractivity contribution in [3.05, 3.63) is 11.6 Å². The highest BCUT2D eigenvalue weighted by atomic mass is 14.9. The normalized spacial score (nSPS) is 31.2. The van der Waals surface area contributed by atoms with E-state index in [4.69, 9.17) is 0 Å². The second kappa shape index (κ2) is 2.54. The maximum absolute atomic E-state index is 4.23. The molecule has 1 atom stereocenters. The standard InChI is InChI=1S/C8H12N2/c1-2-7-3-5-9-6-8(7)10-4-1/h2,6,8,10H,1,3-5H2. The van der Waals surface area contributed by atoms with Crippen molar-refractivity contribution in [3.63, 3.8) is 0 Å². The van der Waals surface area contributed by atoms with Gasteiger partial charge < -0.3 is 5.32 Å². The molecule has 2 heterocycles. The highest BCUT2D eigenvalue weighted by Gasteiger charge is 2.16. The van der Waals surface area contributed by atoms with E-state index in [9.17, 15) is 0 Å². The Bertz CT molecular complexity index is 182. The van der Waals surface area contributed by atoms with E-state index in [1.54, 1.807) is 5.57 Å². The van der Waals surface area contributed by atoms with Crippen LogP contribution < -0.4 is 5.32 Å². The van der Waals surface area contributed by atoms with Gasteiger partial charge in [-0.1, -0.05) is 11.6 Å². The van der Waals surface area contributed by atoms with Gasteiger partial charge in [0, 0.05) is 12.8 Å². The molecule has 0 bridgehead atoms. The van der Waals surface area contributed by atoms with Crippen LogP contribution in [0.25, 0.3) is 0 Å². The Labute approximate surface area is 61.0 Å². The van der Waals surface area contributed by atoms with E-state index in [0.717, 1.165) is 19.5 Å². The Morgan fingerprint density at radius 2 is 2.60 bits per heavy atom. The lowest BCUT2D eigenvalue weighted by Crippen LogP contribution is -2.37. The zero-order valence-electron chi connectivity index (χ0n) is 6.01.